The Morgan fingerprint density at radius 2 is 1.89 bits per heavy atom. The lowest BCUT2D eigenvalue weighted by Gasteiger charge is -2.35. The first-order valence-corrected chi connectivity index (χ1v) is 9.23. The maximum atomic E-state index is 13.3. The molecule has 1 aliphatic heterocycles. The first-order chi connectivity index (χ1) is 12.1. The maximum absolute atomic E-state index is 13.3. The first kappa shape index (κ1) is 24.1. The van der Waals surface area contributed by atoms with Gasteiger partial charge in [0.15, 0.2) is 0 Å². The molecular weight excluding hydrogens is 392 g/mol. The zero-order valence-corrected chi connectivity index (χ0v) is 17.1. The van der Waals surface area contributed by atoms with Crippen molar-refractivity contribution in [2.45, 2.75) is 37.8 Å². The van der Waals surface area contributed by atoms with E-state index >= 15 is 0 Å². The van der Waals surface area contributed by atoms with Crippen molar-refractivity contribution in [3.8, 4) is 0 Å². The summed E-state index contributed by atoms with van der Waals surface area (Å²) in [6, 6.07) is 6.73. The molecular formula is C19H30Cl2FN3O2. The molecule has 0 radical (unpaired) electrons. The SMILES string of the molecule is Cl.Cl.N[C@@H]1CCC[C@H]1CC(=O)NCC(c1ccc(F)cc1)N1CCOCC1. The number of carbonyl (C=O) groups excluding carboxylic acids is 1. The Morgan fingerprint density at radius 3 is 2.48 bits per heavy atom. The number of nitrogens with zero attached hydrogens (tertiary/aromatic N) is 1. The van der Waals surface area contributed by atoms with Crippen molar-refractivity contribution in [3.63, 3.8) is 0 Å². The van der Waals surface area contributed by atoms with Gasteiger partial charge >= 0.3 is 0 Å². The van der Waals surface area contributed by atoms with E-state index < -0.39 is 0 Å². The predicted octanol–water partition coefficient (Wildman–Crippen LogP) is 2.68. The number of halogens is 3. The summed E-state index contributed by atoms with van der Waals surface area (Å²) in [5.41, 5.74) is 7.08. The van der Waals surface area contributed by atoms with Gasteiger partial charge in [-0.25, -0.2) is 4.39 Å². The summed E-state index contributed by atoms with van der Waals surface area (Å²) in [5, 5.41) is 3.07. The van der Waals surface area contributed by atoms with Gasteiger partial charge in [0.05, 0.1) is 19.3 Å². The highest BCUT2D eigenvalue weighted by Gasteiger charge is 2.27. The third-order valence-corrected chi connectivity index (χ3v) is 5.40. The molecule has 1 saturated heterocycles. The minimum absolute atomic E-state index is 0. The fraction of sp³-hybridized carbons (Fsp3) is 0.632. The highest BCUT2D eigenvalue weighted by Crippen LogP contribution is 2.27. The third-order valence-electron chi connectivity index (χ3n) is 5.40. The molecule has 0 spiro atoms. The molecule has 1 heterocycles. The monoisotopic (exact) mass is 421 g/mol. The van der Waals surface area contributed by atoms with Crippen molar-refractivity contribution >= 4 is 30.7 Å². The molecule has 1 aliphatic carbocycles. The molecule has 1 aromatic rings. The van der Waals surface area contributed by atoms with Crippen LogP contribution in [0.1, 0.15) is 37.3 Å². The van der Waals surface area contributed by atoms with Gasteiger partial charge in [-0.05, 0) is 36.5 Å². The Labute approximate surface area is 173 Å². The van der Waals surface area contributed by atoms with Crippen LogP contribution in [0.25, 0.3) is 0 Å². The van der Waals surface area contributed by atoms with Crippen molar-refractivity contribution in [2.75, 3.05) is 32.8 Å². The number of rotatable bonds is 6. The van der Waals surface area contributed by atoms with Crippen LogP contribution in [0.3, 0.4) is 0 Å². The van der Waals surface area contributed by atoms with Crippen molar-refractivity contribution in [1.29, 1.82) is 0 Å². The predicted molar refractivity (Wildman–Crippen MR) is 109 cm³/mol. The number of carbonyl (C=O) groups is 1. The van der Waals surface area contributed by atoms with E-state index in [2.05, 4.69) is 10.2 Å². The zero-order chi connectivity index (χ0) is 17.6. The van der Waals surface area contributed by atoms with Crippen LogP contribution in [0.5, 0.6) is 0 Å². The minimum Gasteiger partial charge on any atom is -0.379 e. The molecule has 8 heteroatoms. The van der Waals surface area contributed by atoms with Gasteiger partial charge in [-0.15, -0.1) is 24.8 Å². The minimum atomic E-state index is -0.247. The number of ether oxygens (including phenoxy) is 1. The van der Waals surface area contributed by atoms with Crippen molar-refractivity contribution in [3.05, 3.63) is 35.6 Å². The second kappa shape index (κ2) is 11.8. The summed E-state index contributed by atoms with van der Waals surface area (Å²) in [7, 11) is 0. The quantitative estimate of drug-likeness (QED) is 0.740. The number of amides is 1. The van der Waals surface area contributed by atoms with Crippen LogP contribution in [0, 0.1) is 11.7 Å². The molecule has 5 nitrogen and oxygen atoms in total. The number of nitrogens with one attached hydrogen (secondary N) is 1. The maximum Gasteiger partial charge on any atom is 0.220 e. The molecule has 1 unspecified atom stereocenters. The fourth-order valence-electron chi connectivity index (χ4n) is 3.87. The van der Waals surface area contributed by atoms with E-state index in [4.69, 9.17) is 10.5 Å². The Balaban J connectivity index is 0.00000182. The van der Waals surface area contributed by atoms with Gasteiger partial charge < -0.3 is 15.8 Å². The van der Waals surface area contributed by atoms with Crippen LogP contribution in [0.2, 0.25) is 0 Å². The van der Waals surface area contributed by atoms with E-state index in [1.165, 1.54) is 12.1 Å². The zero-order valence-electron chi connectivity index (χ0n) is 15.4. The average molecular weight is 422 g/mol. The second-order valence-corrected chi connectivity index (χ2v) is 7.08. The topological polar surface area (TPSA) is 67.6 Å². The number of morpholine rings is 1. The summed E-state index contributed by atoms with van der Waals surface area (Å²) in [6.07, 6.45) is 3.68. The van der Waals surface area contributed by atoms with Gasteiger partial charge in [0.25, 0.3) is 0 Å². The van der Waals surface area contributed by atoms with Crippen molar-refractivity contribution < 1.29 is 13.9 Å². The Hall–Kier alpha value is -0.920. The summed E-state index contributed by atoms with van der Waals surface area (Å²) in [4.78, 5) is 14.6. The number of benzene rings is 1. The summed E-state index contributed by atoms with van der Waals surface area (Å²) in [6.45, 7) is 3.51. The van der Waals surface area contributed by atoms with Crippen LogP contribution in [-0.2, 0) is 9.53 Å². The van der Waals surface area contributed by atoms with Crippen LogP contribution in [0.15, 0.2) is 24.3 Å². The summed E-state index contributed by atoms with van der Waals surface area (Å²) >= 11 is 0. The highest BCUT2D eigenvalue weighted by molar-refractivity contribution is 5.85. The molecule has 3 N–H and O–H groups in total. The van der Waals surface area contributed by atoms with Gasteiger partial charge in [0.1, 0.15) is 5.82 Å². The van der Waals surface area contributed by atoms with E-state index in [-0.39, 0.29) is 48.6 Å². The van der Waals surface area contributed by atoms with Crippen LogP contribution < -0.4 is 11.1 Å². The van der Waals surface area contributed by atoms with Crippen molar-refractivity contribution in [1.82, 2.24) is 10.2 Å². The lowest BCUT2D eigenvalue weighted by molar-refractivity contribution is -0.122. The Bertz CT molecular complexity index is 571. The molecule has 3 atom stereocenters. The van der Waals surface area contributed by atoms with E-state index in [0.717, 1.165) is 37.9 Å². The molecule has 1 aromatic carbocycles. The standard InChI is InChI=1S/C19H28FN3O2.2ClH/c20-16-6-4-14(5-7-16)18(23-8-10-25-11-9-23)13-22-19(24)12-15-2-1-3-17(15)21;;/h4-7,15,17-18H,1-3,8-13,21H2,(H,22,24);2*1H/t15-,17+,18?;;/m0../s1. The molecule has 1 amide bonds. The van der Waals surface area contributed by atoms with Gasteiger partial charge in [-0.2, -0.15) is 0 Å². The number of hydrogen-bond acceptors (Lipinski definition) is 4. The molecule has 154 valence electrons. The molecule has 0 aromatic heterocycles. The van der Waals surface area contributed by atoms with E-state index in [9.17, 15) is 9.18 Å². The van der Waals surface area contributed by atoms with Crippen LogP contribution >= 0.6 is 24.8 Å². The molecule has 3 rings (SSSR count). The fourth-order valence-corrected chi connectivity index (χ4v) is 3.87. The Morgan fingerprint density at radius 1 is 1.22 bits per heavy atom. The second-order valence-electron chi connectivity index (χ2n) is 7.08. The molecule has 2 aliphatic rings. The van der Waals surface area contributed by atoms with Gasteiger partial charge in [0.2, 0.25) is 5.91 Å². The number of hydrogen-bond donors (Lipinski definition) is 2. The molecule has 27 heavy (non-hydrogen) atoms. The smallest absolute Gasteiger partial charge is 0.220 e. The van der Waals surface area contributed by atoms with E-state index in [0.29, 0.717) is 32.1 Å². The van der Waals surface area contributed by atoms with E-state index in [1.807, 2.05) is 0 Å². The average Bonchev–Trinajstić information content (AvgIpc) is 3.02. The summed E-state index contributed by atoms with van der Waals surface area (Å²) < 4.78 is 18.7. The van der Waals surface area contributed by atoms with Crippen LogP contribution in [-0.4, -0.2) is 49.7 Å². The molecule has 0 bridgehead atoms. The van der Waals surface area contributed by atoms with E-state index in [1.54, 1.807) is 12.1 Å². The summed E-state index contributed by atoms with van der Waals surface area (Å²) in [5.74, 6) is 0.110. The van der Waals surface area contributed by atoms with Gasteiger partial charge in [0, 0.05) is 32.1 Å². The normalized spacial score (nSPS) is 23.8. The van der Waals surface area contributed by atoms with Crippen LogP contribution in [0.4, 0.5) is 4.39 Å². The first-order valence-electron chi connectivity index (χ1n) is 9.23. The highest BCUT2D eigenvalue weighted by atomic mass is 35.5. The van der Waals surface area contributed by atoms with Crippen molar-refractivity contribution in [2.24, 2.45) is 11.7 Å². The lowest BCUT2D eigenvalue weighted by atomic mass is 9.99. The molecule has 2 fully saturated rings. The third kappa shape index (κ3) is 6.88. The lowest BCUT2D eigenvalue weighted by Crippen LogP contribution is -2.44. The Kier molecular flexibility index (Phi) is 10.6. The largest absolute Gasteiger partial charge is 0.379 e. The molecule has 1 saturated carbocycles. The van der Waals surface area contributed by atoms with Gasteiger partial charge in [-0.3, -0.25) is 9.69 Å². The number of nitrogens with two attached hydrogens (primary N) is 1. The van der Waals surface area contributed by atoms with Gasteiger partial charge in [-0.1, -0.05) is 18.6 Å².